The molecule has 1 aromatic rings. The van der Waals surface area contributed by atoms with Gasteiger partial charge in [0.05, 0.1) is 6.42 Å². The van der Waals surface area contributed by atoms with E-state index in [4.69, 9.17) is 16.7 Å². The van der Waals surface area contributed by atoms with E-state index in [0.29, 0.717) is 10.6 Å². The zero-order valence-corrected chi connectivity index (χ0v) is 11.1. The lowest BCUT2D eigenvalue weighted by molar-refractivity contribution is -0.137. The SMILES string of the molecule is CC(C)N(CCC(=O)O)C(=O)c1ccc(Cl)cc1. The van der Waals surface area contributed by atoms with Crippen molar-refractivity contribution in [2.24, 2.45) is 0 Å². The van der Waals surface area contributed by atoms with Gasteiger partial charge in [-0.15, -0.1) is 0 Å². The van der Waals surface area contributed by atoms with Crippen LogP contribution in [0.5, 0.6) is 0 Å². The van der Waals surface area contributed by atoms with Crippen LogP contribution in [0.1, 0.15) is 30.6 Å². The van der Waals surface area contributed by atoms with E-state index in [1.54, 1.807) is 24.3 Å². The first-order valence-corrected chi connectivity index (χ1v) is 6.08. The summed E-state index contributed by atoms with van der Waals surface area (Å²) < 4.78 is 0. The van der Waals surface area contributed by atoms with Crippen molar-refractivity contribution in [3.05, 3.63) is 34.9 Å². The molecule has 98 valence electrons. The number of carboxylic acid groups (broad SMARTS) is 1. The Hall–Kier alpha value is -1.55. The van der Waals surface area contributed by atoms with Gasteiger partial charge in [-0.1, -0.05) is 11.6 Å². The number of hydrogen-bond acceptors (Lipinski definition) is 2. The molecule has 0 saturated carbocycles. The standard InChI is InChI=1S/C13H16ClNO3/c1-9(2)15(8-7-12(16)17)13(18)10-3-5-11(14)6-4-10/h3-6,9H,7-8H2,1-2H3,(H,16,17). The van der Waals surface area contributed by atoms with Gasteiger partial charge in [-0.25, -0.2) is 0 Å². The smallest absolute Gasteiger partial charge is 0.305 e. The van der Waals surface area contributed by atoms with Gasteiger partial charge in [-0.05, 0) is 38.1 Å². The molecule has 18 heavy (non-hydrogen) atoms. The maximum Gasteiger partial charge on any atom is 0.305 e. The average molecular weight is 270 g/mol. The first-order chi connectivity index (χ1) is 8.41. The molecule has 0 atom stereocenters. The van der Waals surface area contributed by atoms with E-state index in [1.165, 1.54) is 4.90 Å². The van der Waals surface area contributed by atoms with Crippen LogP contribution in [0.4, 0.5) is 0 Å². The molecule has 0 radical (unpaired) electrons. The molecule has 4 nitrogen and oxygen atoms in total. The fourth-order valence-electron chi connectivity index (χ4n) is 1.57. The second kappa shape index (κ2) is 6.40. The number of nitrogens with zero attached hydrogens (tertiary/aromatic N) is 1. The minimum absolute atomic E-state index is 0.0486. The summed E-state index contributed by atoms with van der Waals surface area (Å²) in [5.74, 6) is -1.09. The average Bonchev–Trinajstić information content (AvgIpc) is 2.29. The fourth-order valence-corrected chi connectivity index (χ4v) is 1.69. The number of carbonyl (C=O) groups excluding carboxylic acids is 1. The summed E-state index contributed by atoms with van der Waals surface area (Å²) in [4.78, 5) is 24.3. The van der Waals surface area contributed by atoms with Gasteiger partial charge in [-0.3, -0.25) is 9.59 Å². The van der Waals surface area contributed by atoms with Gasteiger partial charge in [0.1, 0.15) is 0 Å². The van der Waals surface area contributed by atoms with Gasteiger partial charge >= 0.3 is 5.97 Å². The van der Waals surface area contributed by atoms with Crippen molar-refractivity contribution in [2.75, 3.05) is 6.54 Å². The minimum atomic E-state index is -0.912. The molecule has 0 aliphatic rings. The molecule has 0 bridgehead atoms. The Morgan fingerprint density at radius 2 is 1.83 bits per heavy atom. The van der Waals surface area contributed by atoms with Gasteiger partial charge in [0.15, 0.2) is 0 Å². The van der Waals surface area contributed by atoms with Gasteiger partial charge in [-0.2, -0.15) is 0 Å². The van der Waals surface area contributed by atoms with Crippen LogP contribution in [-0.2, 0) is 4.79 Å². The Kier molecular flexibility index (Phi) is 5.16. The van der Waals surface area contributed by atoms with Crippen LogP contribution in [0.15, 0.2) is 24.3 Å². The molecule has 0 saturated heterocycles. The number of rotatable bonds is 5. The Labute approximate surface area is 111 Å². The Balaban J connectivity index is 2.82. The van der Waals surface area contributed by atoms with Crippen molar-refractivity contribution in [3.63, 3.8) is 0 Å². The molecule has 1 N–H and O–H groups in total. The zero-order chi connectivity index (χ0) is 13.7. The highest BCUT2D eigenvalue weighted by atomic mass is 35.5. The highest BCUT2D eigenvalue weighted by Gasteiger charge is 2.19. The van der Waals surface area contributed by atoms with Crippen LogP contribution in [0.25, 0.3) is 0 Å². The Bertz CT molecular complexity index is 428. The maximum atomic E-state index is 12.2. The number of aliphatic carboxylic acids is 1. The van der Waals surface area contributed by atoms with Crippen molar-refractivity contribution in [1.29, 1.82) is 0 Å². The molecule has 1 rings (SSSR count). The molecule has 1 amide bonds. The largest absolute Gasteiger partial charge is 0.481 e. The second-order valence-corrected chi connectivity index (χ2v) is 4.68. The van der Waals surface area contributed by atoms with E-state index < -0.39 is 5.97 Å². The highest BCUT2D eigenvalue weighted by molar-refractivity contribution is 6.30. The van der Waals surface area contributed by atoms with Crippen LogP contribution in [-0.4, -0.2) is 34.5 Å². The summed E-state index contributed by atoms with van der Waals surface area (Å²) in [7, 11) is 0. The molecule has 5 heteroatoms. The molecule has 0 fully saturated rings. The van der Waals surface area contributed by atoms with Gasteiger partial charge < -0.3 is 10.0 Å². The van der Waals surface area contributed by atoms with E-state index in [1.807, 2.05) is 13.8 Å². The normalized spacial score (nSPS) is 10.4. The van der Waals surface area contributed by atoms with Crippen LogP contribution < -0.4 is 0 Å². The molecule has 0 aliphatic heterocycles. The molecular formula is C13H16ClNO3. The van der Waals surface area contributed by atoms with Gasteiger partial charge in [0.2, 0.25) is 0 Å². The number of halogens is 1. The van der Waals surface area contributed by atoms with Crippen molar-refractivity contribution < 1.29 is 14.7 Å². The van der Waals surface area contributed by atoms with E-state index in [2.05, 4.69) is 0 Å². The van der Waals surface area contributed by atoms with E-state index >= 15 is 0 Å². The van der Waals surface area contributed by atoms with Crippen molar-refractivity contribution in [1.82, 2.24) is 4.90 Å². The van der Waals surface area contributed by atoms with Crippen LogP contribution >= 0.6 is 11.6 Å². The predicted molar refractivity (Wildman–Crippen MR) is 69.9 cm³/mol. The predicted octanol–water partition coefficient (Wildman–Crippen LogP) is 2.67. The lowest BCUT2D eigenvalue weighted by Gasteiger charge is -2.26. The summed E-state index contributed by atoms with van der Waals surface area (Å²) in [6, 6.07) is 6.52. The topological polar surface area (TPSA) is 57.6 Å². The van der Waals surface area contributed by atoms with Crippen molar-refractivity contribution in [3.8, 4) is 0 Å². The molecule has 0 aliphatic carbocycles. The molecule has 0 aromatic heterocycles. The van der Waals surface area contributed by atoms with Gasteiger partial charge in [0, 0.05) is 23.2 Å². The first kappa shape index (κ1) is 14.5. The highest BCUT2D eigenvalue weighted by Crippen LogP contribution is 2.13. The third-order valence-electron chi connectivity index (χ3n) is 2.54. The molecular weight excluding hydrogens is 254 g/mol. The lowest BCUT2D eigenvalue weighted by atomic mass is 10.1. The van der Waals surface area contributed by atoms with E-state index in [-0.39, 0.29) is 24.9 Å². The number of hydrogen-bond donors (Lipinski definition) is 1. The summed E-state index contributed by atoms with van der Waals surface area (Å²) >= 11 is 5.76. The quantitative estimate of drug-likeness (QED) is 0.894. The molecule has 1 aromatic carbocycles. The van der Waals surface area contributed by atoms with Crippen LogP contribution in [0.3, 0.4) is 0 Å². The van der Waals surface area contributed by atoms with E-state index in [9.17, 15) is 9.59 Å². The number of amides is 1. The first-order valence-electron chi connectivity index (χ1n) is 5.70. The second-order valence-electron chi connectivity index (χ2n) is 4.24. The maximum absolute atomic E-state index is 12.2. The number of carbonyl (C=O) groups is 2. The summed E-state index contributed by atoms with van der Waals surface area (Å²) in [6.45, 7) is 3.92. The summed E-state index contributed by atoms with van der Waals surface area (Å²) in [5, 5.41) is 9.24. The van der Waals surface area contributed by atoms with Crippen LogP contribution in [0, 0.1) is 0 Å². The molecule has 0 unspecified atom stereocenters. The van der Waals surface area contributed by atoms with Crippen molar-refractivity contribution in [2.45, 2.75) is 26.3 Å². The molecule has 0 heterocycles. The Morgan fingerprint density at radius 3 is 2.28 bits per heavy atom. The van der Waals surface area contributed by atoms with Crippen LogP contribution in [0.2, 0.25) is 5.02 Å². The lowest BCUT2D eigenvalue weighted by Crippen LogP contribution is -2.38. The third-order valence-corrected chi connectivity index (χ3v) is 2.79. The fraction of sp³-hybridized carbons (Fsp3) is 0.385. The van der Waals surface area contributed by atoms with E-state index in [0.717, 1.165) is 0 Å². The van der Waals surface area contributed by atoms with Gasteiger partial charge in [0.25, 0.3) is 5.91 Å². The summed E-state index contributed by atoms with van der Waals surface area (Å²) in [6.07, 6.45) is -0.0580. The van der Waals surface area contributed by atoms with Crippen molar-refractivity contribution >= 4 is 23.5 Å². The number of carboxylic acids is 1. The summed E-state index contributed by atoms with van der Waals surface area (Å²) in [5.41, 5.74) is 0.512. The number of benzene rings is 1. The minimum Gasteiger partial charge on any atom is -0.481 e. The molecule has 0 spiro atoms. The monoisotopic (exact) mass is 269 g/mol. The third kappa shape index (κ3) is 4.04. The Morgan fingerprint density at radius 1 is 1.28 bits per heavy atom. The zero-order valence-electron chi connectivity index (χ0n) is 10.4.